The van der Waals surface area contributed by atoms with Crippen molar-refractivity contribution in [3.05, 3.63) is 91.4 Å². The second kappa shape index (κ2) is 6.65. The molecular weight excluding hydrogens is 383 g/mol. The van der Waals surface area contributed by atoms with Crippen molar-refractivity contribution in [1.29, 1.82) is 0 Å². The van der Waals surface area contributed by atoms with Gasteiger partial charge >= 0.3 is 5.69 Å². The first-order valence-corrected chi connectivity index (χ1v) is 9.07. The Kier molecular flexibility index (Phi) is 4.37. The van der Waals surface area contributed by atoms with E-state index in [2.05, 4.69) is 10.3 Å². The molecule has 0 amide bonds. The lowest BCUT2D eigenvalue weighted by Crippen LogP contribution is -2.44. The van der Waals surface area contributed by atoms with Crippen LogP contribution in [0.5, 0.6) is 0 Å². The van der Waals surface area contributed by atoms with Gasteiger partial charge in [-0.25, -0.2) is 22.5 Å². The molecular formula is C21H18F3N3O2. The quantitative estimate of drug-likeness (QED) is 0.691. The minimum Gasteiger partial charge on any atom is -0.362 e. The average Bonchev–Trinajstić information content (AvgIpc) is 2.62. The summed E-state index contributed by atoms with van der Waals surface area (Å²) < 4.78 is 42.6. The summed E-state index contributed by atoms with van der Waals surface area (Å²) in [6, 6.07) is 7.11. The number of aryl methyl sites for hydroxylation is 1. The number of anilines is 1. The van der Waals surface area contributed by atoms with Gasteiger partial charge < -0.3 is 5.32 Å². The average molecular weight is 401 g/mol. The second-order valence-electron chi connectivity index (χ2n) is 7.49. The summed E-state index contributed by atoms with van der Waals surface area (Å²) in [6.45, 7) is 3.33. The molecule has 150 valence electrons. The number of H-pyrrole nitrogens is 1. The lowest BCUT2D eigenvalue weighted by atomic mass is 9.83. The summed E-state index contributed by atoms with van der Waals surface area (Å²) in [7, 11) is 0. The minimum atomic E-state index is -1.02. The highest BCUT2D eigenvalue weighted by molar-refractivity contribution is 5.52. The van der Waals surface area contributed by atoms with Gasteiger partial charge in [-0.2, -0.15) is 0 Å². The molecule has 0 aliphatic carbocycles. The molecule has 0 radical (unpaired) electrons. The molecule has 1 aliphatic heterocycles. The van der Waals surface area contributed by atoms with E-state index in [0.717, 1.165) is 28.8 Å². The molecule has 2 N–H and O–H groups in total. The van der Waals surface area contributed by atoms with Gasteiger partial charge in [0, 0.05) is 5.56 Å². The van der Waals surface area contributed by atoms with Crippen molar-refractivity contribution in [2.24, 2.45) is 0 Å². The molecule has 2 heterocycles. The normalized spacial score (nSPS) is 18.2. The Morgan fingerprint density at radius 2 is 1.79 bits per heavy atom. The third-order valence-corrected chi connectivity index (χ3v) is 5.28. The topological polar surface area (TPSA) is 66.9 Å². The smallest absolute Gasteiger partial charge is 0.334 e. The van der Waals surface area contributed by atoms with Crippen molar-refractivity contribution < 1.29 is 13.2 Å². The highest BCUT2D eigenvalue weighted by Gasteiger charge is 2.35. The molecule has 2 aromatic carbocycles. The maximum atomic E-state index is 14.3. The van der Waals surface area contributed by atoms with Gasteiger partial charge in [-0.15, -0.1) is 0 Å². The van der Waals surface area contributed by atoms with Crippen LogP contribution in [0.15, 0.2) is 46.0 Å². The molecule has 29 heavy (non-hydrogen) atoms. The molecule has 0 fully saturated rings. The Morgan fingerprint density at radius 3 is 2.52 bits per heavy atom. The second-order valence-corrected chi connectivity index (χ2v) is 7.49. The molecule has 1 aromatic heterocycles. The third kappa shape index (κ3) is 3.24. The standard InChI is InChI=1S/C21H18F3N3O2/c1-11-7-13(23)9-14(8-11)27-19(28)15-5-6-21(2,26-18(15)25-20(27)29)16-10-12(22)3-4-17(16)24/h3-4,7-10,26H,5-6H2,1-2H3,(H,25,29)/t21-/m1/s1. The summed E-state index contributed by atoms with van der Waals surface area (Å²) in [5.41, 5.74) is -1.26. The van der Waals surface area contributed by atoms with Crippen LogP contribution in [0.4, 0.5) is 19.0 Å². The van der Waals surface area contributed by atoms with Gasteiger partial charge in [-0.3, -0.25) is 9.78 Å². The lowest BCUT2D eigenvalue weighted by Gasteiger charge is -2.37. The van der Waals surface area contributed by atoms with Crippen LogP contribution in [0, 0.1) is 24.4 Å². The predicted octanol–water partition coefficient (Wildman–Crippen LogP) is 3.53. The van der Waals surface area contributed by atoms with Crippen LogP contribution in [0.25, 0.3) is 5.69 Å². The van der Waals surface area contributed by atoms with E-state index in [-0.39, 0.29) is 23.5 Å². The zero-order valence-electron chi connectivity index (χ0n) is 15.8. The van der Waals surface area contributed by atoms with E-state index in [4.69, 9.17) is 0 Å². The number of rotatable bonds is 2. The van der Waals surface area contributed by atoms with Gasteiger partial charge in [0.2, 0.25) is 0 Å². The number of nitrogens with one attached hydrogen (secondary N) is 2. The molecule has 0 unspecified atom stereocenters. The van der Waals surface area contributed by atoms with Crippen LogP contribution < -0.4 is 16.6 Å². The lowest BCUT2D eigenvalue weighted by molar-refractivity contribution is 0.440. The number of aromatic nitrogens is 2. The van der Waals surface area contributed by atoms with E-state index in [9.17, 15) is 22.8 Å². The van der Waals surface area contributed by atoms with E-state index in [1.807, 2.05) is 0 Å². The van der Waals surface area contributed by atoms with E-state index in [1.54, 1.807) is 13.8 Å². The Labute approximate surface area is 163 Å². The number of aromatic amines is 1. The van der Waals surface area contributed by atoms with Crippen LogP contribution >= 0.6 is 0 Å². The largest absolute Gasteiger partial charge is 0.362 e. The Morgan fingerprint density at radius 1 is 1.03 bits per heavy atom. The Bertz CT molecular complexity index is 1230. The van der Waals surface area contributed by atoms with Gasteiger partial charge in [0.1, 0.15) is 23.3 Å². The zero-order chi connectivity index (χ0) is 20.9. The number of fused-ring (bicyclic) bond motifs is 1. The van der Waals surface area contributed by atoms with E-state index < -0.39 is 34.2 Å². The number of nitrogens with zero attached hydrogens (tertiary/aromatic N) is 1. The maximum Gasteiger partial charge on any atom is 0.334 e. The summed E-state index contributed by atoms with van der Waals surface area (Å²) >= 11 is 0. The molecule has 8 heteroatoms. The van der Waals surface area contributed by atoms with Crippen LogP contribution in [0.2, 0.25) is 0 Å². The first kappa shape index (κ1) is 19.0. The fourth-order valence-corrected chi connectivity index (χ4v) is 3.83. The SMILES string of the molecule is Cc1cc(F)cc(-n2c(=O)[nH]c3c(c2=O)CC[C@](C)(c2cc(F)ccc2F)N3)c1. The molecule has 4 rings (SSSR count). The number of benzene rings is 2. The van der Waals surface area contributed by atoms with E-state index in [1.165, 1.54) is 12.1 Å². The maximum absolute atomic E-state index is 14.3. The highest BCUT2D eigenvalue weighted by Crippen LogP contribution is 2.36. The van der Waals surface area contributed by atoms with Crippen LogP contribution in [0.1, 0.15) is 30.0 Å². The highest BCUT2D eigenvalue weighted by atomic mass is 19.1. The summed E-state index contributed by atoms with van der Waals surface area (Å²) in [6.07, 6.45) is 0.516. The molecule has 0 spiro atoms. The first-order chi connectivity index (χ1) is 13.7. The molecule has 0 saturated heterocycles. The van der Waals surface area contributed by atoms with E-state index >= 15 is 0 Å². The van der Waals surface area contributed by atoms with Crippen LogP contribution in [-0.2, 0) is 12.0 Å². The fourth-order valence-electron chi connectivity index (χ4n) is 3.83. The van der Waals surface area contributed by atoms with Gasteiger partial charge in [-0.1, -0.05) is 0 Å². The summed E-state index contributed by atoms with van der Waals surface area (Å²) in [5.74, 6) is -1.57. The molecule has 0 bridgehead atoms. The van der Waals surface area contributed by atoms with Crippen molar-refractivity contribution >= 4 is 5.82 Å². The first-order valence-electron chi connectivity index (χ1n) is 9.07. The van der Waals surface area contributed by atoms with Gasteiger partial charge in [0.05, 0.1) is 16.8 Å². The van der Waals surface area contributed by atoms with Gasteiger partial charge in [0.15, 0.2) is 0 Å². The van der Waals surface area contributed by atoms with E-state index in [0.29, 0.717) is 17.5 Å². The summed E-state index contributed by atoms with van der Waals surface area (Å²) in [4.78, 5) is 28.2. The number of hydrogen-bond acceptors (Lipinski definition) is 3. The van der Waals surface area contributed by atoms with Crippen molar-refractivity contribution in [1.82, 2.24) is 9.55 Å². The van der Waals surface area contributed by atoms with Crippen LogP contribution in [0.3, 0.4) is 0 Å². The van der Waals surface area contributed by atoms with Crippen LogP contribution in [-0.4, -0.2) is 9.55 Å². The van der Waals surface area contributed by atoms with Gasteiger partial charge in [0.25, 0.3) is 5.56 Å². The monoisotopic (exact) mass is 401 g/mol. The summed E-state index contributed by atoms with van der Waals surface area (Å²) in [5, 5.41) is 2.99. The fraction of sp³-hybridized carbons (Fsp3) is 0.238. The number of halogens is 3. The molecule has 5 nitrogen and oxygen atoms in total. The molecule has 1 aliphatic rings. The number of hydrogen-bond donors (Lipinski definition) is 2. The Hall–Kier alpha value is -3.29. The zero-order valence-corrected chi connectivity index (χ0v) is 15.8. The Balaban J connectivity index is 1.83. The van der Waals surface area contributed by atoms with Crippen molar-refractivity contribution in [2.75, 3.05) is 5.32 Å². The van der Waals surface area contributed by atoms with Crippen molar-refractivity contribution in [3.8, 4) is 5.69 Å². The molecule has 1 atom stereocenters. The minimum absolute atomic E-state index is 0.105. The van der Waals surface area contributed by atoms with Crippen molar-refractivity contribution in [3.63, 3.8) is 0 Å². The van der Waals surface area contributed by atoms with Gasteiger partial charge in [-0.05, 0) is 68.7 Å². The molecule has 0 saturated carbocycles. The predicted molar refractivity (Wildman–Crippen MR) is 103 cm³/mol. The third-order valence-electron chi connectivity index (χ3n) is 5.28. The molecule has 3 aromatic rings. The van der Waals surface area contributed by atoms with Crippen molar-refractivity contribution in [2.45, 2.75) is 32.2 Å².